The van der Waals surface area contributed by atoms with Gasteiger partial charge in [0.15, 0.2) is 0 Å². The first-order valence-electron chi connectivity index (χ1n) is 11.5. The molecule has 0 aliphatic heterocycles. The van der Waals surface area contributed by atoms with E-state index in [1.54, 1.807) is 13.8 Å². The van der Waals surface area contributed by atoms with Gasteiger partial charge in [-0.1, -0.05) is 62.4 Å². The first-order valence-corrected chi connectivity index (χ1v) is 11.5. The molecule has 2 amide bonds. The largest absolute Gasteiger partial charge is 0.480 e. The molecule has 2 aromatic rings. The van der Waals surface area contributed by atoms with Crippen LogP contribution in [0.25, 0.3) is 11.1 Å². The molecule has 7 nitrogen and oxygen atoms in total. The molecule has 7 heteroatoms. The Morgan fingerprint density at radius 1 is 0.970 bits per heavy atom. The van der Waals surface area contributed by atoms with Crippen LogP contribution >= 0.6 is 0 Å². The quantitative estimate of drug-likeness (QED) is 0.537. The standard InChI is InChI=1S/C26H30N2O5/c1-15(2)24(25(30)31)28-23(29)13-22(16-11-12-16)27-26(32)33-14-21-19-9-5-3-7-17(19)18-8-4-6-10-20(18)21/h3-10,15-16,21-22,24H,11-14H2,1-2H3,(H,27,32)(H,28,29)(H,30,31)/t22?,24-/m1/s1. The normalized spacial score (nSPS) is 16.5. The van der Waals surface area contributed by atoms with Gasteiger partial charge in [0.2, 0.25) is 5.91 Å². The number of alkyl carbamates (subject to hydrolysis) is 1. The van der Waals surface area contributed by atoms with Gasteiger partial charge in [0.05, 0.1) is 0 Å². The summed E-state index contributed by atoms with van der Waals surface area (Å²) in [6.45, 7) is 3.69. The number of rotatable bonds is 9. The van der Waals surface area contributed by atoms with E-state index in [-0.39, 0.29) is 42.7 Å². The lowest BCUT2D eigenvalue weighted by Gasteiger charge is -2.22. The Bertz CT molecular complexity index is 1000. The molecule has 33 heavy (non-hydrogen) atoms. The van der Waals surface area contributed by atoms with Crippen LogP contribution in [0, 0.1) is 11.8 Å². The fraction of sp³-hybridized carbons (Fsp3) is 0.423. The molecule has 1 fully saturated rings. The summed E-state index contributed by atoms with van der Waals surface area (Å²) in [6, 6.07) is 14.9. The van der Waals surface area contributed by atoms with Gasteiger partial charge in [0, 0.05) is 18.4 Å². The predicted molar refractivity (Wildman–Crippen MR) is 124 cm³/mol. The molecule has 0 heterocycles. The molecule has 0 aromatic heterocycles. The van der Waals surface area contributed by atoms with Crippen molar-refractivity contribution in [2.45, 2.75) is 51.1 Å². The van der Waals surface area contributed by atoms with Crippen molar-refractivity contribution < 1.29 is 24.2 Å². The number of nitrogens with one attached hydrogen (secondary N) is 2. The van der Waals surface area contributed by atoms with E-state index < -0.39 is 18.1 Å². The fourth-order valence-electron chi connectivity index (χ4n) is 4.57. The molecule has 0 spiro atoms. The van der Waals surface area contributed by atoms with Crippen molar-refractivity contribution in [3.05, 3.63) is 59.7 Å². The van der Waals surface area contributed by atoms with Crippen molar-refractivity contribution in [2.75, 3.05) is 6.61 Å². The van der Waals surface area contributed by atoms with E-state index >= 15 is 0 Å². The van der Waals surface area contributed by atoms with Crippen molar-refractivity contribution in [1.82, 2.24) is 10.6 Å². The highest BCUT2D eigenvalue weighted by atomic mass is 16.5. The van der Waals surface area contributed by atoms with Crippen LogP contribution in [-0.4, -0.2) is 41.8 Å². The second kappa shape index (κ2) is 9.65. The zero-order valence-electron chi connectivity index (χ0n) is 18.9. The van der Waals surface area contributed by atoms with Crippen LogP contribution in [-0.2, 0) is 14.3 Å². The fourth-order valence-corrected chi connectivity index (χ4v) is 4.57. The number of benzene rings is 2. The average Bonchev–Trinajstić information content (AvgIpc) is 3.58. The number of hydrogen-bond donors (Lipinski definition) is 3. The number of carboxylic acid groups (broad SMARTS) is 1. The van der Waals surface area contributed by atoms with E-state index in [9.17, 15) is 19.5 Å². The highest BCUT2D eigenvalue weighted by molar-refractivity contribution is 5.84. The summed E-state index contributed by atoms with van der Waals surface area (Å²) >= 11 is 0. The number of fused-ring (bicyclic) bond motifs is 3. The van der Waals surface area contributed by atoms with Crippen molar-refractivity contribution in [3.8, 4) is 11.1 Å². The van der Waals surface area contributed by atoms with Gasteiger partial charge in [0.25, 0.3) is 0 Å². The third kappa shape index (κ3) is 5.18. The number of carbonyl (C=O) groups is 3. The Kier molecular flexibility index (Phi) is 6.67. The van der Waals surface area contributed by atoms with Gasteiger partial charge in [0.1, 0.15) is 12.6 Å². The molecule has 0 bridgehead atoms. The van der Waals surface area contributed by atoms with Gasteiger partial charge in [-0.2, -0.15) is 0 Å². The number of ether oxygens (including phenoxy) is 1. The molecule has 2 aromatic carbocycles. The maximum atomic E-state index is 12.6. The van der Waals surface area contributed by atoms with E-state index in [4.69, 9.17) is 4.74 Å². The second-order valence-corrected chi connectivity index (χ2v) is 9.25. The Hall–Kier alpha value is -3.35. The van der Waals surface area contributed by atoms with Gasteiger partial charge in [-0.05, 0) is 46.9 Å². The van der Waals surface area contributed by atoms with Gasteiger partial charge in [-0.3, -0.25) is 4.79 Å². The van der Waals surface area contributed by atoms with Gasteiger partial charge in [-0.15, -0.1) is 0 Å². The maximum Gasteiger partial charge on any atom is 0.407 e. The summed E-state index contributed by atoms with van der Waals surface area (Å²) in [5.74, 6) is -1.51. The van der Waals surface area contributed by atoms with Crippen LogP contribution in [0.2, 0.25) is 0 Å². The molecule has 3 N–H and O–H groups in total. The van der Waals surface area contributed by atoms with E-state index in [1.165, 1.54) is 0 Å². The van der Waals surface area contributed by atoms with Crippen LogP contribution in [0.1, 0.15) is 50.2 Å². The van der Waals surface area contributed by atoms with Gasteiger partial charge >= 0.3 is 12.1 Å². The Balaban J connectivity index is 1.36. The minimum Gasteiger partial charge on any atom is -0.480 e. The summed E-state index contributed by atoms with van der Waals surface area (Å²) in [5, 5.41) is 14.7. The molecular weight excluding hydrogens is 420 g/mol. The Morgan fingerprint density at radius 2 is 1.55 bits per heavy atom. The summed E-state index contributed by atoms with van der Waals surface area (Å²) < 4.78 is 5.61. The van der Waals surface area contributed by atoms with Crippen molar-refractivity contribution >= 4 is 18.0 Å². The van der Waals surface area contributed by atoms with Crippen molar-refractivity contribution in [2.24, 2.45) is 11.8 Å². The third-order valence-electron chi connectivity index (χ3n) is 6.49. The number of amides is 2. The minimum absolute atomic E-state index is 0.0331. The van der Waals surface area contributed by atoms with Crippen LogP contribution in [0.15, 0.2) is 48.5 Å². The van der Waals surface area contributed by atoms with Gasteiger partial charge < -0.3 is 20.5 Å². The zero-order valence-corrected chi connectivity index (χ0v) is 18.9. The smallest absolute Gasteiger partial charge is 0.407 e. The van der Waals surface area contributed by atoms with E-state index in [1.807, 2.05) is 24.3 Å². The third-order valence-corrected chi connectivity index (χ3v) is 6.49. The molecule has 1 saturated carbocycles. The Labute approximate surface area is 193 Å². The zero-order chi connectivity index (χ0) is 23.5. The molecule has 0 saturated heterocycles. The Morgan fingerprint density at radius 3 is 2.06 bits per heavy atom. The average molecular weight is 451 g/mol. The van der Waals surface area contributed by atoms with Crippen LogP contribution in [0.4, 0.5) is 4.79 Å². The first kappa shape index (κ1) is 22.8. The molecule has 2 atom stereocenters. The summed E-state index contributed by atoms with van der Waals surface area (Å²) in [6.07, 6.45) is 1.33. The van der Waals surface area contributed by atoms with Gasteiger partial charge in [-0.25, -0.2) is 9.59 Å². The number of carbonyl (C=O) groups excluding carboxylic acids is 2. The van der Waals surface area contributed by atoms with Crippen LogP contribution in [0.3, 0.4) is 0 Å². The molecule has 0 radical (unpaired) electrons. The molecule has 2 aliphatic rings. The molecule has 2 aliphatic carbocycles. The first-order chi connectivity index (χ1) is 15.8. The lowest BCUT2D eigenvalue weighted by atomic mass is 9.98. The molecule has 1 unspecified atom stereocenters. The molecule has 174 valence electrons. The van der Waals surface area contributed by atoms with E-state index in [0.717, 1.165) is 35.1 Å². The van der Waals surface area contributed by atoms with E-state index in [0.29, 0.717) is 0 Å². The highest BCUT2D eigenvalue weighted by Gasteiger charge is 2.36. The number of carboxylic acids is 1. The summed E-state index contributed by atoms with van der Waals surface area (Å²) in [4.78, 5) is 36.5. The molecule has 4 rings (SSSR count). The summed E-state index contributed by atoms with van der Waals surface area (Å²) in [5.41, 5.74) is 4.59. The summed E-state index contributed by atoms with van der Waals surface area (Å²) in [7, 11) is 0. The SMILES string of the molecule is CC(C)[C@@H](NC(=O)CC(NC(=O)OCC1c2ccccc2-c2ccccc21)C1CC1)C(=O)O. The second-order valence-electron chi connectivity index (χ2n) is 9.25. The highest BCUT2D eigenvalue weighted by Crippen LogP contribution is 2.44. The van der Waals surface area contributed by atoms with Crippen LogP contribution in [0.5, 0.6) is 0 Å². The molecular formula is C26H30N2O5. The van der Waals surface area contributed by atoms with E-state index in [2.05, 4.69) is 34.9 Å². The van der Waals surface area contributed by atoms with Crippen LogP contribution < -0.4 is 10.6 Å². The minimum atomic E-state index is -1.06. The topological polar surface area (TPSA) is 105 Å². The lowest BCUT2D eigenvalue weighted by molar-refractivity contribution is -0.143. The van der Waals surface area contributed by atoms with Crippen molar-refractivity contribution in [1.29, 1.82) is 0 Å². The predicted octanol–water partition coefficient (Wildman–Crippen LogP) is 3.92. The number of aliphatic carboxylic acids is 1. The maximum absolute atomic E-state index is 12.6. The van der Waals surface area contributed by atoms with Crippen molar-refractivity contribution in [3.63, 3.8) is 0 Å². The number of hydrogen-bond acceptors (Lipinski definition) is 4. The monoisotopic (exact) mass is 450 g/mol. The lowest BCUT2D eigenvalue weighted by Crippen LogP contribution is -2.47.